The van der Waals surface area contributed by atoms with Gasteiger partial charge >= 0.3 is 0 Å². The van der Waals surface area contributed by atoms with Crippen LogP contribution in [0.4, 0.5) is 4.39 Å². The summed E-state index contributed by atoms with van der Waals surface area (Å²) in [6, 6.07) is 4.93. The Bertz CT molecular complexity index is 496. The Morgan fingerprint density at radius 2 is 2.25 bits per heavy atom. The first-order chi connectivity index (χ1) is 7.70. The van der Waals surface area contributed by atoms with Gasteiger partial charge in [0.1, 0.15) is 11.6 Å². The van der Waals surface area contributed by atoms with Crippen LogP contribution in [0.3, 0.4) is 0 Å². The maximum absolute atomic E-state index is 13.6. The number of aromatic nitrogens is 2. The summed E-state index contributed by atoms with van der Waals surface area (Å²) in [5.41, 5.74) is 6.61. The molecule has 5 heteroatoms. The minimum atomic E-state index is -0.280. The Labute approximate surface area is 101 Å². The van der Waals surface area contributed by atoms with E-state index in [9.17, 15) is 4.39 Å². The lowest BCUT2D eigenvalue weighted by atomic mass is 10.1. The first kappa shape index (κ1) is 11.3. The molecule has 0 aliphatic rings. The molecule has 0 fully saturated rings. The number of H-pyrrole nitrogens is 1. The standard InChI is InChI=1S/C11H11BrFN3/c12-7-1-2-8(9(13)5-7)10-6-15-11(16-10)3-4-14/h1-2,5-6H,3-4,14H2,(H,15,16). The second-order valence-electron chi connectivity index (χ2n) is 3.41. The van der Waals surface area contributed by atoms with Gasteiger partial charge in [-0.1, -0.05) is 15.9 Å². The van der Waals surface area contributed by atoms with Crippen LogP contribution in [0, 0.1) is 5.82 Å². The van der Waals surface area contributed by atoms with Crippen LogP contribution in [-0.4, -0.2) is 16.5 Å². The average Bonchev–Trinajstić information content (AvgIpc) is 2.67. The third-order valence-electron chi connectivity index (χ3n) is 2.23. The number of imidazole rings is 1. The quantitative estimate of drug-likeness (QED) is 0.909. The first-order valence-corrected chi connectivity index (χ1v) is 5.69. The van der Waals surface area contributed by atoms with E-state index in [1.807, 2.05) is 0 Å². The highest BCUT2D eigenvalue weighted by Crippen LogP contribution is 2.23. The highest BCUT2D eigenvalue weighted by molar-refractivity contribution is 9.10. The second kappa shape index (κ2) is 4.76. The first-order valence-electron chi connectivity index (χ1n) is 4.90. The lowest BCUT2D eigenvalue weighted by molar-refractivity contribution is 0.630. The Morgan fingerprint density at radius 1 is 1.44 bits per heavy atom. The Morgan fingerprint density at radius 3 is 2.94 bits per heavy atom. The van der Waals surface area contributed by atoms with Gasteiger partial charge in [-0.05, 0) is 24.7 Å². The molecule has 3 N–H and O–H groups in total. The molecule has 84 valence electrons. The third-order valence-corrected chi connectivity index (χ3v) is 2.72. The fourth-order valence-electron chi connectivity index (χ4n) is 1.47. The molecule has 0 atom stereocenters. The summed E-state index contributed by atoms with van der Waals surface area (Å²) in [6.45, 7) is 0.524. The molecule has 2 aromatic rings. The van der Waals surface area contributed by atoms with Crippen molar-refractivity contribution in [2.45, 2.75) is 6.42 Å². The van der Waals surface area contributed by atoms with Crippen molar-refractivity contribution in [1.82, 2.24) is 9.97 Å². The highest BCUT2D eigenvalue weighted by atomic mass is 79.9. The Balaban J connectivity index is 2.35. The molecule has 1 aromatic heterocycles. The summed E-state index contributed by atoms with van der Waals surface area (Å²) >= 11 is 3.22. The summed E-state index contributed by atoms with van der Waals surface area (Å²) in [7, 11) is 0. The molecule has 0 radical (unpaired) electrons. The van der Waals surface area contributed by atoms with E-state index in [2.05, 4.69) is 25.9 Å². The number of nitrogens with one attached hydrogen (secondary N) is 1. The van der Waals surface area contributed by atoms with Crippen LogP contribution in [0.1, 0.15) is 5.82 Å². The molecule has 1 aromatic carbocycles. The van der Waals surface area contributed by atoms with Crippen LogP contribution in [0.5, 0.6) is 0 Å². The molecular weight excluding hydrogens is 273 g/mol. The molecule has 16 heavy (non-hydrogen) atoms. The zero-order chi connectivity index (χ0) is 11.5. The number of benzene rings is 1. The predicted molar refractivity (Wildman–Crippen MR) is 64.4 cm³/mol. The van der Waals surface area contributed by atoms with Gasteiger partial charge in [-0.3, -0.25) is 0 Å². The molecule has 0 saturated carbocycles. The van der Waals surface area contributed by atoms with Crippen LogP contribution in [0.25, 0.3) is 11.3 Å². The molecule has 0 unspecified atom stereocenters. The minimum absolute atomic E-state index is 0.280. The largest absolute Gasteiger partial charge is 0.342 e. The van der Waals surface area contributed by atoms with E-state index in [1.165, 1.54) is 6.07 Å². The summed E-state index contributed by atoms with van der Waals surface area (Å²) < 4.78 is 14.3. The molecule has 0 amide bonds. The van der Waals surface area contributed by atoms with Crippen molar-refractivity contribution in [1.29, 1.82) is 0 Å². The molecule has 0 bridgehead atoms. The summed E-state index contributed by atoms with van der Waals surface area (Å²) in [6.07, 6.45) is 2.29. The van der Waals surface area contributed by atoms with Crippen molar-refractivity contribution >= 4 is 15.9 Å². The van der Waals surface area contributed by atoms with Gasteiger partial charge in [0.25, 0.3) is 0 Å². The van der Waals surface area contributed by atoms with Crippen molar-refractivity contribution in [3.63, 3.8) is 0 Å². The van der Waals surface area contributed by atoms with E-state index >= 15 is 0 Å². The van der Waals surface area contributed by atoms with Gasteiger partial charge in [0, 0.05) is 16.5 Å². The van der Waals surface area contributed by atoms with E-state index in [4.69, 9.17) is 5.73 Å². The Hall–Kier alpha value is -1.20. The highest BCUT2D eigenvalue weighted by Gasteiger charge is 2.08. The summed E-state index contributed by atoms with van der Waals surface area (Å²) in [5, 5.41) is 0. The van der Waals surface area contributed by atoms with Crippen LogP contribution < -0.4 is 5.73 Å². The van der Waals surface area contributed by atoms with Crippen LogP contribution >= 0.6 is 15.9 Å². The predicted octanol–water partition coefficient (Wildman–Crippen LogP) is 2.48. The van der Waals surface area contributed by atoms with E-state index in [0.29, 0.717) is 24.2 Å². The van der Waals surface area contributed by atoms with Crippen molar-refractivity contribution in [2.75, 3.05) is 6.54 Å². The fraction of sp³-hybridized carbons (Fsp3) is 0.182. The van der Waals surface area contributed by atoms with Crippen molar-refractivity contribution in [2.24, 2.45) is 5.73 Å². The lowest BCUT2D eigenvalue weighted by Crippen LogP contribution is -2.03. The molecule has 0 aliphatic carbocycles. The SMILES string of the molecule is NCCc1ncc(-c2ccc(Br)cc2F)[nH]1. The van der Waals surface area contributed by atoms with E-state index in [1.54, 1.807) is 18.3 Å². The normalized spacial score (nSPS) is 10.7. The van der Waals surface area contributed by atoms with E-state index in [-0.39, 0.29) is 5.82 Å². The lowest BCUT2D eigenvalue weighted by Gasteiger charge is -2.00. The maximum Gasteiger partial charge on any atom is 0.133 e. The van der Waals surface area contributed by atoms with E-state index < -0.39 is 0 Å². The van der Waals surface area contributed by atoms with Gasteiger partial charge in [0.15, 0.2) is 0 Å². The number of halogens is 2. The van der Waals surface area contributed by atoms with Crippen LogP contribution in [0.2, 0.25) is 0 Å². The number of nitrogens with two attached hydrogens (primary N) is 1. The van der Waals surface area contributed by atoms with Gasteiger partial charge < -0.3 is 10.7 Å². The number of hydrogen-bond acceptors (Lipinski definition) is 2. The number of aromatic amines is 1. The molecule has 3 nitrogen and oxygen atoms in total. The molecule has 0 aliphatic heterocycles. The third kappa shape index (κ3) is 2.31. The molecule has 0 spiro atoms. The van der Waals surface area contributed by atoms with Crippen molar-refractivity contribution in [3.8, 4) is 11.3 Å². The zero-order valence-corrected chi connectivity index (χ0v) is 10.1. The number of nitrogens with zero attached hydrogens (tertiary/aromatic N) is 1. The molecule has 1 heterocycles. The molecular formula is C11H11BrFN3. The molecule has 0 saturated heterocycles. The van der Waals surface area contributed by atoms with Crippen molar-refractivity contribution < 1.29 is 4.39 Å². The summed E-state index contributed by atoms with van der Waals surface area (Å²) in [5.74, 6) is 0.497. The second-order valence-corrected chi connectivity index (χ2v) is 4.32. The monoisotopic (exact) mass is 283 g/mol. The topological polar surface area (TPSA) is 54.7 Å². The van der Waals surface area contributed by atoms with Crippen LogP contribution in [0.15, 0.2) is 28.9 Å². The number of rotatable bonds is 3. The van der Waals surface area contributed by atoms with Gasteiger partial charge in [-0.15, -0.1) is 0 Å². The van der Waals surface area contributed by atoms with Gasteiger partial charge in [-0.25, -0.2) is 9.37 Å². The maximum atomic E-state index is 13.6. The van der Waals surface area contributed by atoms with Gasteiger partial charge in [-0.2, -0.15) is 0 Å². The van der Waals surface area contributed by atoms with E-state index in [0.717, 1.165) is 10.3 Å². The van der Waals surface area contributed by atoms with Gasteiger partial charge in [0.2, 0.25) is 0 Å². The number of hydrogen-bond donors (Lipinski definition) is 2. The fourth-order valence-corrected chi connectivity index (χ4v) is 1.80. The Kier molecular flexibility index (Phi) is 3.36. The smallest absolute Gasteiger partial charge is 0.133 e. The average molecular weight is 284 g/mol. The van der Waals surface area contributed by atoms with Crippen LogP contribution in [-0.2, 0) is 6.42 Å². The van der Waals surface area contributed by atoms with Gasteiger partial charge in [0.05, 0.1) is 11.9 Å². The summed E-state index contributed by atoms with van der Waals surface area (Å²) in [4.78, 5) is 7.18. The van der Waals surface area contributed by atoms with Crippen molar-refractivity contribution in [3.05, 3.63) is 40.5 Å². The zero-order valence-electron chi connectivity index (χ0n) is 8.50. The minimum Gasteiger partial charge on any atom is -0.342 e. The molecule has 2 rings (SSSR count).